The van der Waals surface area contributed by atoms with Gasteiger partial charge in [0.1, 0.15) is 23.4 Å². The summed E-state index contributed by atoms with van der Waals surface area (Å²) in [5.74, 6) is -1.02. The van der Waals surface area contributed by atoms with Gasteiger partial charge in [0.25, 0.3) is 0 Å². The molecule has 0 bridgehead atoms. The molecule has 1 unspecified atom stereocenters. The molecule has 2 atom stereocenters. The first-order chi connectivity index (χ1) is 14.1. The van der Waals surface area contributed by atoms with Crippen molar-refractivity contribution in [2.75, 3.05) is 6.61 Å². The van der Waals surface area contributed by atoms with Crippen molar-refractivity contribution in [1.29, 1.82) is 0 Å². The first-order valence-corrected chi connectivity index (χ1v) is 9.65. The Morgan fingerprint density at radius 2 is 2.07 bits per heavy atom. The van der Waals surface area contributed by atoms with Gasteiger partial charge >= 0.3 is 12.0 Å². The van der Waals surface area contributed by atoms with Crippen LogP contribution in [0.1, 0.15) is 43.0 Å². The first kappa shape index (κ1) is 20.6. The van der Waals surface area contributed by atoms with Gasteiger partial charge in [-0.25, -0.2) is 4.98 Å². The van der Waals surface area contributed by atoms with Crippen molar-refractivity contribution in [3.63, 3.8) is 0 Å². The zero-order chi connectivity index (χ0) is 21.6. The van der Waals surface area contributed by atoms with E-state index in [9.17, 15) is 23.3 Å². The van der Waals surface area contributed by atoms with Crippen LogP contribution in [0.25, 0.3) is 0 Å². The van der Waals surface area contributed by atoms with Gasteiger partial charge in [0.2, 0.25) is 16.9 Å². The normalized spacial score (nSPS) is 21.2. The maximum absolute atomic E-state index is 13.2. The summed E-state index contributed by atoms with van der Waals surface area (Å²) in [6, 6.07) is 0.00420. The third kappa shape index (κ3) is 4.00. The van der Waals surface area contributed by atoms with Crippen LogP contribution < -0.4 is 9.47 Å². The molecular weight excluding hydrogens is 431 g/mol. The molecule has 2 saturated carbocycles. The molecule has 0 saturated heterocycles. The van der Waals surface area contributed by atoms with Gasteiger partial charge in [-0.05, 0) is 49.1 Å². The average Bonchev–Trinajstić information content (AvgIpc) is 3.42. The second-order valence-corrected chi connectivity index (χ2v) is 7.67. The second-order valence-electron chi connectivity index (χ2n) is 7.33. The standard InChI is InChI=1S/C17H17ClF3N5O4/c1-8-13(15(26(27)28)25(24-8)10-3-4-10)29-7-9-2-5-12(9)30-14-11(17(19,20)21)6-22-16(18)23-14/h6,9-10,12H,2-5,7H2,1H3/t9-,12?/m1/s1. The van der Waals surface area contributed by atoms with E-state index in [0.29, 0.717) is 24.7 Å². The van der Waals surface area contributed by atoms with Gasteiger partial charge in [-0.1, -0.05) is 5.10 Å². The van der Waals surface area contributed by atoms with E-state index in [1.54, 1.807) is 6.92 Å². The number of aromatic nitrogens is 4. The SMILES string of the molecule is Cc1nn(C2CC2)c([N+](=O)[O-])c1OC[C@H]1CCC1Oc1nc(Cl)ncc1C(F)(F)F. The monoisotopic (exact) mass is 447 g/mol. The number of hydrogen-bond donors (Lipinski definition) is 0. The number of ether oxygens (including phenoxy) is 2. The van der Waals surface area contributed by atoms with Gasteiger partial charge < -0.3 is 19.6 Å². The summed E-state index contributed by atoms with van der Waals surface area (Å²) < 4.78 is 52.0. The van der Waals surface area contributed by atoms with Crippen LogP contribution in [0.5, 0.6) is 11.6 Å². The van der Waals surface area contributed by atoms with Crippen molar-refractivity contribution in [2.24, 2.45) is 5.92 Å². The molecule has 2 heterocycles. The molecule has 2 aromatic heterocycles. The molecule has 13 heteroatoms. The van der Waals surface area contributed by atoms with Crippen LogP contribution in [0.15, 0.2) is 6.20 Å². The van der Waals surface area contributed by atoms with Crippen LogP contribution in [0.4, 0.5) is 19.0 Å². The Morgan fingerprint density at radius 3 is 2.63 bits per heavy atom. The van der Waals surface area contributed by atoms with Gasteiger partial charge in [-0.15, -0.1) is 4.68 Å². The summed E-state index contributed by atoms with van der Waals surface area (Å²) in [5, 5.41) is 15.3. The molecule has 0 N–H and O–H groups in total. The largest absolute Gasteiger partial charge is 0.484 e. The van der Waals surface area contributed by atoms with E-state index in [1.807, 2.05) is 0 Å². The summed E-state index contributed by atoms with van der Waals surface area (Å²) >= 11 is 5.62. The van der Waals surface area contributed by atoms with Crippen molar-refractivity contribution < 1.29 is 27.6 Å². The smallest absolute Gasteiger partial charge is 0.423 e. The Morgan fingerprint density at radius 1 is 1.33 bits per heavy atom. The Bertz CT molecular complexity index is 979. The molecule has 2 fully saturated rings. The summed E-state index contributed by atoms with van der Waals surface area (Å²) in [4.78, 5) is 17.9. The molecule has 0 spiro atoms. The number of aryl methyl sites for hydroxylation is 1. The fourth-order valence-corrected chi connectivity index (χ4v) is 3.40. The Kier molecular flexibility index (Phi) is 5.20. The topological polar surface area (TPSA) is 105 Å². The minimum atomic E-state index is -4.69. The Labute approximate surface area is 173 Å². The van der Waals surface area contributed by atoms with E-state index < -0.39 is 28.6 Å². The third-order valence-electron chi connectivity index (χ3n) is 5.15. The van der Waals surface area contributed by atoms with Crippen molar-refractivity contribution in [3.8, 4) is 11.6 Å². The summed E-state index contributed by atoms with van der Waals surface area (Å²) in [6.07, 6.45) is -1.93. The summed E-state index contributed by atoms with van der Waals surface area (Å²) in [7, 11) is 0. The lowest BCUT2D eigenvalue weighted by Crippen LogP contribution is -2.41. The van der Waals surface area contributed by atoms with Crippen LogP contribution in [0, 0.1) is 23.0 Å². The number of nitrogens with zero attached hydrogens (tertiary/aromatic N) is 5. The van der Waals surface area contributed by atoms with Crippen LogP contribution >= 0.6 is 11.6 Å². The van der Waals surface area contributed by atoms with Gasteiger partial charge in [0.05, 0.1) is 6.61 Å². The van der Waals surface area contributed by atoms with Crippen molar-refractivity contribution in [1.82, 2.24) is 19.7 Å². The van der Waals surface area contributed by atoms with E-state index in [0.717, 1.165) is 12.8 Å². The van der Waals surface area contributed by atoms with E-state index in [-0.39, 0.29) is 35.4 Å². The van der Waals surface area contributed by atoms with Crippen LogP contribution in [0.2, 0.25) is 5.28 Å². The minimum Gasteiger partial charge on any atom is -0.484 e. The van der Waals surface area contributed by atoms with E-state index in [2.05, 4.69) is 15.1 Å². The molecule has 0 aromatic carbocycles. The van der Waals surface area contributed by atoms with E-state index in [4.69, 9.17) is 21.1 Å². The van der Waals surface area contributed by atoms with Gasteiger partial charge in [0.15, 0.2) is 0 Å². The van der Waals surface area contributed by atoms with E-state index in [1.165, 1.54) is 4.68 Å². The van der Waals surface area contributed by atoms with Crippen LogP contribution in [0.3, 0.4) is 0 Å². The minimum absolute atomic E-state index is 0.00420. The lowest BCUT2D eigenvalue weighted by atomic mass is 9.82. The first-order valence-electron chi connectivity index (χ1n) is 9.27. The molecule has 162 valence electrons. The van der Waals surface area contributed by atoms with Crippen LogP contribution in [-0.2, 0) is 6.18 Å². The lowest BCUT2D eigenvalue weighted by Gasteiger charge is -2.36. The molecule has 0 radical (unpaired) electrons. The predicted molar refractivity (Wildman–Crippen MR) is 96.6 cm³/mol. The van der Waals surface area contributed by atoms with Crippen molar-refractivity contribution in [2.45, 2.75) is 50.9 Å². The highest BCUT2D eigenvalue weighted by Crippen LogP contribution is 2.43. The number of alkyl halides is 3. The zero-order valence-corrected chi connectivity index (χ0v) is 16.5. The molecule has 9 nitrogen and oxygen atoms in total. The summed E-state index contributed by atoms with van der Waals surface area (Å²) in [6.45, 7) is 1.66. The predicted octanol–water partition coefficient (Wildman–Crippen LogP) is 4.13. The highest BCUT2D eigenvalue weighted by Gasteiger charge is 2.42. The van der Waals surface area contributed by atoms with Crippen LogP contribution in [-0.4, -0.2) is 37.4 Å². The van der Waals surface area contributed by atoms with Gasteiger partial charge in [-0.3, -0.25) is 0 Å². The molecule has 30 heavy (non-hydrogen) atoms. The number of halogens is 4. The molecular formula is C17H17ClF3N5O4. The number of hydrogen-bond acceptors (Lipinski definition) is 7. The zero-order valence-electron chi connectivity index (χ0n) is 15.7. The maximum atomic E-state index is 13.2. The molecule has 0 amide bonds. The summed E-state index contributed by atoms with van der Waals surface area (Å²) in [5.41, 5.74) is -0.719. The quantitative estimate of drug-likeness (QED) is 0.357. The van der Waals surface area contributed by atoms with E-state index >= 15 is 0 Å². The van der Waals surface area contributed by atoms with Crippen molar-refractivity contribution >= 4 is 17.4 Å². The Balaban J connectivity index is 1.46. The maximum Gasteiger partial charge on any atom is 0.423 e. The fourth-order valence-electron chi connectivity index (χ4n) is 3.28. The third-order valence-corrected chi connectivity index (χ3v) is 5.34. The van der Waals surface area contributed by atoms with Gasteiger partial charge in [-0.2, -0.15) is 18.2 Å². The highest BCUT2D eigenvalue weighted by atomic mass is 35.5. The average molecular weight is 448 g/mol. The number of nitro groups is 1. The fraction of sp³-hybridized carbons (Fsp3) is 0.588. The highest BCUT2D eigenvalue weighted by molar-refractivity contribution is 6.28. The van der Waals surface area contributed by atoms with Crippen molar-refractivity contribution in [3.05, 3.63) is 32.9 Å². The molecule has 2 aliphatic carbocycles. The molecule has 2 aromatic rings. The Hall–Kier alpha value is -2.63. The second kappa shape index (κ2) is 7.56. The molecule has 2 aliphatic rings. The molecule has 4 rings (SSSR count). The number of rotatable bonds is 7. The lowest BCUT2D eigenvalue weighted by molar-refractivity contribution is -0.393. The van der Waals surface area contributed by atoms with Gasteiger partial charge in [0, 0.05) is 12.1 Å². The molecule has 0 aliphatic heterocycles.